The van der Waals surface area contributed by atoms with Gasteiger partial charge >= 0.3 is 17.9 Å². The van der Waals surface area contributed by atoms with Gasteiger partial charge in [0.1, 0.15) is 5.76 Å². The van der Waals surface area contributed by atoms with Crippen molar-refractivity contribution in [2.75, 3.05) is 14.2 Å². The van der Waals surface area contributed by atoms with E-state index in [2.05, 4.69) is 6.58 Å². The van der Waals surface area contributed by atoms with E-state index in [1.165, 1.54) is 14.2 Å². The number of ether oxygens (including phenoxy) is 3. The van der Waals surface area contributed by atoms with Crippen LogP contribution in [0.1, 0.15) is 40.5 Å². The lowest BCUT2D eigenvalue weighted by atomic mass is 9.85. The standard InChI is InChI=1S/C17H24O6/c1-10-8-17(14(19)21-6,15(20)22-7)9-12(10)11(2)23-13(18)16(3,4)5/h1,8-9H2,2-7H3/b12-11+. The van der Waals surface area contributed by atoms with Gasteiger partial charge in [-0.3, -0.25) is 14.4 Å². The first-order chi connectivity index (χ1) is 10.5. The molecule has 1 rings (SSSR count). The molecule has 6 nitrogen and oxygen atoms in total. The average molecular weight is 324 g/mol. The van der Waals surface area contributed by atoms with Crippen LogP contribution >= 0.6 is 0 Å². The quantitative estimate of drug-likeness (QED) is 0.343. The molecule has 0 aliphatic heterocycles. The number of allylic oxidation sites excluding steroid dienone is 3. The Labute approximate surface area is 136 Å². The molecule has 6 heteroatoms. The maximum absolute atomic E-state index is 12.1. The molecule has 0 aromatic rings. The lowest BCUT2D eigenvalue weighted by Gasteiger charge is -2.22. The van der Waals surface area contributed by atoms with Crippen molar-refractivity contribution in [2.45, 2.75) is 40.5 Å². The van der Waals surface area contributed by atoms with Gasteiger partial charge in [-0.25, -0.2) is 0 Å². The van der Waals surface area contributed by atoms with Gasteiger partial charge in [0.2, 0.25) is 0 Å². The molecule has 0 N–H and O–H groups in total. The zero-order valence-electron chi connectivity index (χ0n) is 14.6. The highest BCUT2D eigenvalue weighted by Gasteiger charge is 2.54. The van der Waals surface area contributed by atoms with Crippen molar-refractivity contribution < 1.29 is 28.6 Å². The van der Waals surface area contributed by atoms with Crippen LogP contribution in [0.5, 0.6) is 0 Å². The van der Waals surface area contributed by atoms with E-state index >= 15 is 0 Å². The summed E-state index contributed by atoms with van der Waals surface area (Å²) in [7, 11) is 2.42. The number of carbonyl (C=O) groups is 3. The van der Waals surface area contributed by atoms with Gasteiger partial charge in [0.15, 0.2) is 5.41 Å². The third-order valence-electron chi connectivity index (χ3n) is 3.86. The summed E-state index contributed by atoms with van der Waals surface area (Å²) < 4.78 is 14.9. The van der Waals surface area contributed by atoms with Crippen LogP contribution in [0.25, 0.3) is 0 Å². The van der Waals surface area contributed by atoms with Crippen molar-refractivity contribution in [1.29, 1.82) is 0 Å². The number of hydrogen-bond acceptors (Lipinski definition) is 6. The molecule has 23 heavy (non-hydrogen) atoms. The SMILES string of the molecule is C=C1CC(C(=O)OC)(C(=O)OC)C/C1=C(/C)OC(=O)C(C)(C)C. The van der Waals surface area contributed by atoms with E-state index in [0.29, 0.717) is 16.9 Å². The molecular formula is C17H24O6. The predicted octanol–water partition coefficient (Wildman–Crippen LogP) is 2.53. The largest absolute Gasteiger partial charge is 0.468 e. The fraction of sp³-hybridized carbons (Fsp3) is 0.588. The van der Waals surface area contributed by atoms with E-state index in [1.54, 1.807) is 27.7 Å². The van der Waals surface area contributed by atoms with Gasteiger partial charge in [-0.2, -0.15) is 0 Å². The molecule has 0 radical (unpaired) electrons. The summed E-state index contributed by atoms with van der Waals surface area (Å²) >= 11 is 0. The third kappa shape index (κ3) is 3.63. The number of carbonyl (C=O) groups excluding carboxylic acids is 3. The Balaban J connectivity index is 3.19. The lowest BCUT2D eigenvalue weighted by Crippen LogP contribution is -2.38. The van der Waals surface area contributed by atoms with Gasteiger partial charge in [0.05, 0.1) is 19.6 Å². The molecule has 1 fully saturated rings. The van der Waals surface area contributed by atoms with Gasteiger partial charge in [-0.1, -0.05) is 6.58 Å². The Kier molecular flexibility index (Phi) is 5.40. The van der Waals surface area contributed by atoms with Crippen LogP contribution in [0.4, 0.5) is 0 Å². The zero-order chi connectivity index (χ0) is 18.0. The van der Waals surface area contributed by atoms with E-state index in [4.69, 9.17) is 14.2 Å². The summed E-state index contributed by atoms with van der Waals surface area (Å²) in [5, 5.41) is 0. The van der Waals surface area contributed by atoms with Gasteiger partial charge < -0.3 is 14.2 Å². The molecule has 1 saturated carbocycles. The molecule has 0 unspecified atom stereocenters. The first-order valence-corrected chi connectivity index (χ1v) is 7.26. The van der Waals surface area contributed by atoms with E-state index in [-0.39, 0.29) is 12.8 Å². The number of esters is 3. The Bertz CT molecular complexity index is 560. The van der Waals surface area contributed by atoms with E-state index in [9.17, 15) is 14.4 Å². The van der Waals surface area contributed by atoms with Gasteiger partial charge in [0.25, 0.3) is 0 Å². The highest BCUT2D eigenvalue weighted by Crippen LogP contribution is 2.47. The summed E-state index contributed by atoms with van der Waals surface area (Å²) in [6.45, 7) is 10.7. The molecule has 0 saturated heterocycles. The van der Waals surface area contributed by atoms with Crippen LogP contribution in [0.3, 0.4) is 0 Å². The molecule has 0 bridgehead atoms. The van der Waals surface area contributed by atoms with Crippen molar-refractivity contribution in [3.05, 3.63) is 23.5 Å². The van der Waals surface area contributed by atoms with Crippen LogP contribution in [-0.4, -0.2) is 32.1 Å². The maximum Gasteiger partial charge on any atom is 0.323 e. The summed E-state index contributed by atoms with van der Waals surface area (Å²) in [5.74, 6) is -1.43. The molecule has 0 atom stereocenters. The van der Waals surface area contributed by atoms with Gasteiger partial charge in [-0.15, -0.1) is 0 Å². The highest BCUT2D eigenvalue weighted by atomic mass is 16.5. The second-order valence-electron chi connectivity index (χ2n) is 6.70. The third-order valence-corrected chi connectivity index (χ3v) is 3.86. The Morgan fingerprint density at radius 3 is 1.91 bits per heavy atom. The van der Waals surface area contributed by atoms with Crippen LogP contribution in [0.2, 0.25) is 0 Å². The molecule has 0 heterocycles. The average Bonchev–Trinajstić information content (AvgIpc) is 2.83. The molecule has 128 valence electrons. The van der Waals surface area contributed by atoms with Crippen LogP contribution < -0.4 is 0 Å². The summed E-state index contributed by atoms with van der Waals surface area (Å²) in [6, 6.07) is 0. The van der Waals surface area contributed by atoms with E-state index in [1.807, 2.05) is 0 Å². The minimum Gasteiger partial charge on any atom is -0.468 e. The van der Waals surface area contributed by atoms with Gasteiger partial charge in [0, 0.05) is 6.42 Å². The Morgan fingerprint density at radius 2 is 1.52 bits per heavy atom. The first kappa shape index (κ1) is 18.9. The van der Waals surface area contributed by atoms with Crippen molar-refractivity contribution in [2.24, 2.45) is 10.8 Å². The zero-order valence-corrected chi connectivity index (χ0v) is 14.6. The summed E-state index contributed by atoms with van der Waals surface area (Å²) in [4.78, 5) is 36.3. The van der Waals surface area contributed by atoms with E-state index in [0.717, 1.165) is 0 Å². The van der Waals surface area contributed by atoms with E-state index < -0.39 is 28.7 Å². The van der Waals surface area contributed by atoms with Crippen LogP contribution in [0, 0.1) is 10.8 Å². The number of hydrogen-bond donors (Lipinski definition) is 0. The fourth-order valence-electron chi connectivity index (χ4n) is 2.45. The van der Waals surface area contributed by atoms with Crippen LogP contribution in [-0.2, 0) is 28.6 Å². The molecule has 0 amide bonds. The minimum atomic E-state index is -1.47. The minimum absolute atomic E-state index is 0.0361. The first-order valence-electron chi connectivity index (χ1n) is 7.26. The Hall–Kier alpha value is -2.11. The number of rotatable bonds is 3. The molecular weight excluding hydrogens is 300 g/mol. The van der Waals surface area contributed by atoms with Crippen molar-refractivity contribution in [3.63, 3.8) is 0 Å². The monoisotopic (exact) mass is 324 g/mol. The molecule has 0 aromatic heterocycles. The van der Waals surface area contributed by atoms with Gasteiger partial charge in [-0.05, 0) is 45.3 Å². The number of methoxy groups -OCH3 is 2. The highest BCUT2D eigenvalue weighted by molar-refractivity contribution is 6.02. The second-order valence-corrected chi connectivity index (χ2v) is 6.70. The van der Waals surface area contributed by atoms with Crippen LogP contribution in [0.15, 0.2) is 23.5 Å². The maximum atomic E-state index is 12.1. The van der Waals surface area contributed by atoms with Crippen molar-refractivity contribution >= 4 is 17.9 Å². The lowest BCUT2D eigenvalue weighted by molar-refractivity contribution is -0.168. The molecule has 0 aromatic carbocycles. The second kappa shape index (κ2) is 6.56. The normalized spacial score (nSPS) is 19.1. The molecule has 1 aliphatic carbocycles. The molecule has 1 aliphatic rings. The topological polar surface area (TPSA) is 78.9 Å². The smallest absolute Gasteiger partial charge is 0.323 e. The molecule has 0 spiro atoms. The van der Waals surface area contributed by atoms with Crippen molar-refractivity contribution in [3.8, 4) is 0 Å². The Morgan fingerprint density at radius 1 is 1.04 bits per heavy atom. The summed E-state index contributed by atoms with van der Waals surface area (Å²) in [6.07, 6.45) is 0.112. The predicted molar refractivity (Wildman–Crippen MR) is 83.1 cm³/mol. The van der Waals surface area contributed by atoms with Crippen molar-refractivity contribution in [1.82, 2.24) is 0 Å². The fourth-order valence-corrected chi connectivity index (χ4v) is 2.45. The summed E-state index contributed by atoms with van der Waals surface area (Å²) in [5.41, 5.74) is -1.01.